The Kier molecular flexibility index (Phi) is 11.1. The smallest absolute Gasteiger partial charge is 0.264 e. The largest absolute Gasteiger partial charge is 0.497 e. The lowest BCUT2D eigenvalue weighted by Crippen LogP contribution is -2.52. The second-order valence-corrected chi connectivity index (χ2v) is 11.5. The normalized spacial score (nSPS) is 11.9. The van der Waals surface area contributed by atoms with E-state index in [-0.39, 0.29) is 17.3 Å². The summed E-state index contributed by atoms with van der Waals surface area (Å²) in [6.07, 6.45) is 2.14. The molecule has 0 aliphatic rings. The Morgan fingerprint density at radius 1 is 0.925 bits per heavy atom. The summed E-state index contributed by atoms with van der Waals surface area (Å²) in [4.78, 5) is 28.8. The van der Waals surface area contributed by atoms with Gasteiger partial charge in [-0.25, -0.2) is 8.42 Å². The molecule has 3 aromatic carbocycles. The zero-order chi connectivity index (χ0) is 29.1. The van der Waals surface area contributed by atoms with Crippen molar-refractivity contribution in [2.75, 3.05) is 24.5 Å². The number of carbonyl (C=O) groups is 2. The number of unbranched alkanes of at least 4 members (excludes halogenated alkanes) is 1. The summed E-state index contributed by atoms with van der Waals surface area (Å²) in [6.45, 7) is 6.01. The molecule has 0 fully saturated rings. The highest BCUT2D eigenvalue weighted by atomic mass is 32.2. The van der Waals surface area contributed by atoms with Gasteiger partial charge in [0, 0.05) is 13.1 Å². The third-order valence-corrected chi connectivity index (χ3v) is 8.45. The number of aryl methyl sites for hydroxylation is 1. The van der Waals surface area contributed by atoms with E-state index in [0.29, 0.717) is 24.4 Å². The molecular formula is C31H39N3O5S. The predicted octanol–water partition coefficient (Wildman–Crippen LogP) is 4.92. The first kappa shape index (κ1) is 30.7. The van der Waals surface area contributed by atoms with Crippen LogP contribution in [0, 0.1) is 6.92 Å². The number of nitrogens with one attached hydrogen (secondary N) is 1. The average Bonchev–Trinajstić information content (AvgIpc) is 2.97. The standard InChI is InChI=1S/C31H39N3O5S/c1-5-7-21-32-31(36)29(6-2)33(22-25-11-9-8-10-12-25)30(35)23-34(26-15-13-24(3)14-16-26)40(37,38)28-19-17-27(39-4)18-20-28/h8-20,29H,5-7,21-23H2,1-4H3,(H,32,36)/t29-/m1/s1. The Morgan fingerprint density at radius 2 is 1.57 bits per heavy atom. The van der Waals surface area contributed by atoms with Crippen LogP contribution in [0.5, 0.6) is 5.75 Å². The summed E-state index contributed by atoms with van der Waals surface area (Å²) in [5.74, 6) is -0.204. The van der Waals surface area contributed by atoms with Crippen LogP contribution in [-0.4, -0.2) is 51.4 Å². The van der Waals surface area contributed by atoms with E-state index in [2.05, 4.69) is 5.32 Å². The molecule has 0 radical (unpaired) electrons. The zero-order valence-corrected chi connectivity index (χ0v) is 24.5. The van der Waals surface area contributed by atoms with Crippen molar-refractivity contribution < 1.29 is 22.7 Å². The van der Waals surface area contributed by atoms with E-state index in [1.54, 1.807) is 36.4 Å². The number of sulfonamides is 1. The van der Waals surface area contributed by atoms with Crippen molar-refractivity contribution in [3.8, 4) is 5.75 Å². The first-order valence-corrected chi connectivity index (χ1v) is 15.0. The van der Waals surface area contributed by atoms with Crippen molar-refractivity contribution in [1.82, 2.24) is 10.2 Å². The van der Waals surface area contributed by atoms with Crippen molar-refractivity contribution in [2.24, 2.45) is 0 Å². The van der Waals surface area contributed by atoms with Crippen molar-refractivity contribution in [3.05, 3.63) is 90.0 Å². The van der Waals surface area contributed by atoms with E-state index in [4.69, 9.17) is 4.74 Å². The second-order valence-electron chi connectivity index (χ2n) is 9.60. The molecule has 0 spiro atoms. The predicted molar refractivity (Wildman–Crippen MR) is 158 cm³/mol. The number of hydrogen-bond acceptors (Lipinski definition) is 5. The van der Waals surface area contributed by atoms with Gasteiger partial charge >= 0.3 is 0 Å². The molecule has 0 saturated carbocycles. The van der Waals surface area contributed by atoms with Crippen molar-refractivity contribution >= 4 is 27.5 Å². The van der Waals surface area contributed by atoms with Gasteiger partial charge in [-0.2, -0.15) is 0 Å². The maximum absolute atomic E-state index is 14.0. The van der Waals surface area contributed by atoms with Crippen LogP contribution in [0.1, 0.15) is 44.2 Å². The summed E-state index contributed by atoms with van der Waals surface area (Å²) in [7, 11) is -2.63. The van der Waals surface area contributed by atoms with Gasteiger partial charge in [-0.3, -0.25) is 13.9 Å². The summed E-state index contributed by atoms with van der Waals surface area (Å²) in [6, 6.07) is 21.6. The monoisotopic (exact) mass is 565 g/mol. The molecular weight excluding hydrogens is 526 g/mol. The Morgan fingerprint density at radius 3 is 2.15 bits per heavy atom. The molecule has 0 saturated heterocycles. The highest BCUT2D eigenvalue weighted by Crippen LogP contribution is 2.26. The van der Waals surface area contributed by atoms with E-state index in [1.807, 2.05) is 51.1 Å². The third-order valence-electron chi connectivity index (χ3n) is 6.66. The van der Waals surface area contributed by atoms with Gasteiger partial charge < -0.3 is 15.0 Å². The molecule has 9 heteroatoms. The molecule has 3 rings (SSSR count). The molecule has 214 valence electrons. The maximum atomic E-state index is 14.0. The maximum Gasteiger partial charge on any atom is 0.264 e. The van der Waals surface area contributed by atoms with E-state index in [0.717, 1.165) is 28.3 Å². The lowest BCUT2D eigenvalue weighted by molar-refractivity contribution is -0.140. The molecule has 1 atom stereocenters. The number of ether oxygens (including phenoxy) is 1. The molecule has 0 aliphatic heterocycles. The van der Waals surface area contributed by atoms with Gasteiger partial charge in [-0.15, -0.1) is 0 Å². The summed E-state index contributed by atoms with van der Waals surface area (Å²) >= 11 is 0. The van der Waals surface area contributed by atoms with Crippen LogP contribution in [0.2, 0.25) is 0 Å². The van der Waals surface area contributed by atoms with E-state index in [9.17, 15) is 18.0 Å². The lowest BCUT2D eigenvalue weighted by Gasteiger charge is -2.33. The third kappa shape index (κ3) is 7.85. The van der Waals surface area contributed by atoms with E-state index < -0.39 is 28.5 Å². The number of carbonyl (C=O) groups excluding carboxylic acids is 2. The molecule has 0 aliphatic carbocycles. The van der Waals surface area contributed by atoms with Crippen LogP contribution in [0.4, 0.5) is 5.69 Å². The quantitative estimate of drug-likeness (QED) is 0.280. The highest BCUT2D eigenvalue weighted by Gasteiger charge is 2.33. The van der Waals surface area contributed by atoms with Gasteiger partial charge in [-0.1, -0.05) is 68.3 Å². The van der Waals surface area contributed by atoms with E-state index >= 15 is 0 Å². The Bertz CT molecular complexity index is 1340. The van der Waals surface area contributed by atoms with Gasteiger partial charge in [0.15, 0.2) is 0 Å². The number of hydrogen-bond donors (Lipinski definition) is 1. The van der Waals surface area contributed by atoms with Crippen LogP contribution < -0.4 is 14.4 Å². The molecule has 40 heavy (non-hydrogen) atoms. The minimum absolute atomic E-state index is 0.0284. The SMILES string of the molecule is CCCCNC(=O)[C@@H](CC)N(Cc1ccccc1)C(=O)CN(c1ccc(C)cc1)S(=O)(=O)c1ccc(OC)cc1. The zero-order valence-electron chi connectivity index (χ0n) is 23.7. The molecule has 8 nitrogen and oxygen atoms in total. The first-order valence-electron chi connectivity index (χ1n) is 13.6. The minimum Gasteiger partial charge on any atom is -0.497 e. The van der Waals surface area contributed by atoms with E-state index in [1.165, 1.54) is 24.1 Å². The van der Waals surface area contributed by atoms with Crippen molar-refractivity contribution in [1.29, 1.82) is 0 Å². The molecule has 2 amide bonds. The fraction of sp³-hybridized carbons (Fsp3) is 0.355. The minimum atomic E-state index is -4.13. The molecule has 3 aromatic rings. The van der Waals surface area contributed by atoms with Crippen LogP contribution in [0.15, 0.2) is 83.8 Å². The topological polar surface area (TPSA) is 96.0 Å². The Labute approximate surface area is 238 Å². The van der Waals surface area contributed by atoms with Crippen molar-refractivity contribution in [3.63, 3.8) is 0 Å². The van der Waals surface area contributed by atoms with Gasteiger partial charge in [0.1, 0.15) is 18.3 Å². The number of benzene rings is 3. The summed E-state index contributed by atoms with van der Waals surface area (Å²) in [5, 5.41) is 2.94. The van der Waals surface area contributed by atoms with Crippen LogP contribution in [0.25, 0.3) is 0 Å². The van der Waals surface area contributed by atoms with Gasteiger partial charge in [0.2, 0.25) is 11.8 Å². The number of rotatable bonds is 14. The Balaban J connectivity index is 2.01. The fourth-order valence-electron chi connectivity index (χ4n) is 4.32. The van der Waals surface area contributed by atoms with Crippen LogP contribution in [0.3, 0.4) is 0 Å². The second kappa shape index (κ2) is 14.5. The molecule has 0 aromatic heterocycles. The number of methoxy groups -OCH3 is 1. The molecule has 0 unspecified atom stereocenters. The number of nitrogens with zero attached hydrogens (tertiary/aromatic N) is 2. The fourth-order valence-corrected chi connectivity index (χ4v) is 5.73. The highest BCUT2D eigenvalue weighted by molar-refractivity contribution is 7.92. The van der Waals surface area contributed by atoms with Gasteiger partial charge in [0.25, 0.3) is 10.0 Å². The molecule has 0 heterocycles. The van der Waals surface area contributed by atoms with Crippen molar-refractivity contribution in [2.45, 2.75) is 57.5 Å². The summed E-state index contributed by atoms with van der Waals surface area (Å²) in [5.41, 5.74) is 2.16. The molecule has 0 bridgehead atoms. The Hall–Kier alpha value is -3.85. The first-order chi connectivity index (χ1) is 19.2. The average molecular weight is 566 g/mol. The number of amides is 2. The van der Waals surface area contributed by atoms with Gasteiger partial charge in [-0.05, 0) is 61.7 Å². The summed E-state index contributed by atoms with van der Waals surface area (Å²) < 4.78 is 34.1. The molecule has 1 N–H and O–H groups in total. The number of anilines is 1. The van der Waals surface area contributed by atoms with Gasteiger partial charge in [0.05, 0.1) is 17.7 Å². The van der Waals surface area contributed by atoms with Crippen LogP contribution in [-0.2, 0) is 26.2 Å². The van der Waals surface area contributed by atoms with Crippen LogP contribution >= 0.6 is 0 Å². The lowest BCUT2D eigenvalue weighted by atomic mass is 10.1.